The van der Waals surface area contributed by atoms with Crippen molar-refractivity contribution in [3.8, 4) is 0 Å². The number of carbonyl (C=O) groups is 1. The van der Waals surface area contributed by atoms with Gasteiger partial charge in [0.1, 0.15) is 6.04 Å². The van der Waals surface area contributed by atoms with E-state index in [1.807, 2.05) is 7.05 Å². The third kappa shape index (κ3) is 4.94. The summed E-state index contributed by atoms with van der Waals surface area (Å²) in [6, 6.07) is -0.714. The summed E-state index contributed by atoms with van der Waals surface area (Å²) in [6.45, 7) is 1.84. The van der Waals surface area contributed by atoms with E-state index < -0.39 is 12.0 Å². The van der Waals surface area contributed by atoms with Gasteiger partial charge in [-0.2, -0.15) is 0 Å². The van der Waals surface area contributed by atoms with Crippen LogP contribution in [0.1, 0.15) is 38.5 Å². The Labute approximate surface area is 97.8 Å². The van der Waals surface area contributed by atoms with Crippen LogP contribution in [0, 0.1) is 5.92 Å². The number of hydrogen-bond donors (Lipinski definition) is 2. The van der Waals surface area contributed by atoms with Crippen molar-refractivity contribution >= 4 is 5.97 Å². The van der Waals surface area contributed by atoms with Crippen molar-refractivity contribution in [1.82, 2.24) is 4.90 Å². The van der Waals surface area contributed by atoms with Crippen molar-refractivity contribution in [2.75, 3.05) is 20.1 Å². The molecule has 0 aromatic heterocycles. The minimum absolute atomic E-state index is 0.538. The van der Waals surface area contributed by atoms with Crippen molar-refractivity contribution in [2.24, 2.45) is 11.7 Å². The van der Waals surface area contributed by atoms with Gasteiger partial charge in [-0.1, -0.05) is 25.7 Å². The van der Waals surface area contributed by atoms with Crippen LogP contribution in [0.3, 0.4) is 0 Å². The van der Waals surface area contributed by atoms with E-state index in [0.29, 0.717) is 6.42 Å². The largest absolute Gasteiger partial charge is 0.480 e. The molecule has 0 heterocycles. The number of rotatable bonds is 7. The Morgan fingerprint density at radius 3 is 2.62 bits per heavy atom. The van der Waals surface area contributed by atoms with E-state index in [2.05, 4.69) is 4.90 Å². The lowest BCUT2D eigenvalue weighted by Gasteiger charge is -2.19. The molecular weight excluding hydrogens is 204 g/mol. The SMILES string of the molecule is CN(CCC1CCCC1)CCC(N)C(=O)O. The monoisotopic (exact) mass is 228 g/mol. The van der Waals surface area contributed by atoms with E-state index in [1.165, 1.54) is 32.1 Å². The van der Waals surface area contributed by atoms with Gasteiger partial charge in [0.05, 0.1) is 0 Å². The van der Waals surface area contributed by atoms with Crippen LogP contribution >= 0.6 is 0 Å². The molecule has 0 aliphatic heterocycles. The quantitative estimate of drug-likeness (QED) is 0.689. The van der Waals surface area contributed by atoms with Gasteiger partial charge < -0.3 is 15.7 Å². The Morgan fingerprint density at radius 1 is 1.44 bits per heavy atom. The van der Waals surface area contributed by atoms with Gasteiger partial charge >= 0.3 is 5.97 Å². The number of nitrogens with zero attached hydrogens (tertiary/aromatic N) is 1. The van der Waals surface area contributed by atoms with E-state index in [4.69, 9.17) is 10.8 Å². The Hall–Kier alpha value is -0.610. The fraction of sp³-hybridized carbons (Fsp3) is 0.917. The third-order valence-electron chi connectivity index (χ3n) is 3.53. The highest BCUT2D eigenvalue weighted by molar-refractivity contribution is 5.72. The van der Waals surface area contributed by atoms with Gasteiger partial charge in [0.25, 0.3) is 0 Å². The highest BCUT2D eigenvalue weighted by Gasteiger charge is 2.16. The number of carboxylic acids is 1. The molecule has 3 N–H and O–H groups in total. The van der Waals surface area contributed by atoms with E-state index in [1.54, 1.807) is 0 Å². The predicted octanol–water partition coefficient (Wildman–Crippen LogP) is 1.30. The predicted molar refractivity (Wildman–Crippen MR) is 64.3 cm³/mol. The Morgan fingerprint density at radius 2 is 2.06 bits per heavy atom. The third-order valence-corrected chi connectivity index (χ3v) is 3.53. The molecule has 0 bridgehead atoms. The van der Waals surface area contributed by atoms with Gasteiger partial charge in [0, 0.05) is 0 Å². The van der Waals surface area contributed by atoms with Crippen LogP contribution in [0.2, 0.25) is 0 Å². The highest BCUT2D eigenvalue weighted by atomic mass is 16.4. The molecule has 1 unspecified atom stereocenters. The second-order valence-electron chi connectivity index (χ2n) is 4.98. The maximum Gasteiger partial charge on any atom is 0.320 e. The Kier molecular flexibility index (Phi) is 5.77. The summed E-state index contributed by atoms with van der Waals surface area (Å²) in [5, 5.41) is 8.65. The number of nitrogens with two attached hydrogens (primary N) is 1. The highest BCUT2D eigenvalue weighted by Crippen LogP contribution is 2.27. The van der Waals surface area contributed by atoms with Crippen LogP contribution in [0.5, 0.6) is 0 Å². The summed E-state index contributed by atoms with van der Waals surface area (Å²) in [4.78, 5) is 12.7. The van der Waals surface area contributed by atoms with E-state index in [-0.39, 0.29) is 0 Å². The molecule has 1 rings (SSSR count). The zero-order valence-electron chi connectivity index (χ0n) is 10.2. The topological polar surface area (TPSA) is 66.6 Å². The first kappa shape index (κ1) is 13.5. The molecule has 4 heteroatoms. The maximum absolute atomic E-state index is 10.5. The molecule has 94 valence electrons. The molecule has 0 aromatic rings. The summed E-state index contributed by atoms with van der Waals surface area (Å²) in [5.74, 6) is -0.000194. The standard InChI is InChI=1S/C12H24N2O2/c1-14(9-7-11(13)12(15)16)8-6-10-4-2-3-5-10/h10-11H,2-9,13H2,1H3,(H,15,16). The second-order valence-corrected chi connectivity index (χ2v) is 4.98. The smallest absolute Gasteiger partial charge is 0.320 e. The van der Waals surface area contributed by atoms with Gasteiger partial charge in [-0.05, 0) is 38.9 Å². The molecule has 0 aromatic carbocycles. The number of aliphatic carboxylic acids is 1. The molecule has 1 fully saturated rings. The molecule has 0 saturated heterocycles. The lowest BCUT2D eigenvalue weighted by Crippen LogP contribution is -2.34. The molecule has 1 aliphatic carbocycles. The first-order valence-electron chi connectivity index (χ1n) is 6.26. The first-order valence-corrected chi connectivity index (χ1v) is 6.26. The zero-order valence-corrected chi connectivity index (χ0v) is 10.2. The first-order chi connectivity index (χ1) is 7.59. The lowest BCUT2D eigenvalue weighted by atomic mass is 10.0. The van der Waals surface area contributed by atoms with E-state index >= 15 is 0 Å². The van der Waals surface area contributed by atoms with Crippen molar-refractivity contribution in [1.29, 1.82) is 0 Å². The van der Waals surface area contributed by atoms with Crippen LogP contribution in [0.15, 0.2) is 0 Å². The minimum Gasteiger partial charge on any atom is -0.480 e. The van der Waals surface area contributed by atoms with Gasteiger partial charge in [-0.15, -0.1) is 0 Å². The number of carboxylic acid groups (broad SMARTS) is 1. The molecule has 0 amide bonds. The molecule has 1 atom stereocenters. The summed E-state index contributed by atoms with van der Waals surface area (Å²) in [5.41, 5.74) is 5.46. The van der Waals surface area contributed by atoms with E-state index in [0.717, 1.165) is 19.0 Å². The molecule has 1 aliphatic rings. The Balaban J connectivity index is 2.05. The average molecular weight is 228 g/mol. The van der Waals surface area contributed by atoms with Gasteiger partial charge in [0.2, 0.25) is 0 Å². The molecule has 16 heavy (non-hydrogen) atoms. The lowest BCUT2D eigenvalue weighted by molar-refractivity contribution is -0.138. The minimum atomic E-state index is -0.899. The fourth-order valence-corrected chi connectivity index (χ4v) is 2.30. The van der Waals surface area contributed by atoms with Crippen LogP contribution in [0.4, 0.5) is 0 Å². The van der Waals surface area contributed by atoms with Crippen LogP contribution in [-0.4, -0.2) is 42.2 Å². The van der Waals surface area contributed by atoms with Crippen molar-refractivity contribution in [3.63, 3.8) is 0 Å². The van der Waals surface area contributed by atoms with Crippen LogP contribution < -0.4 is 5.73 Å². The summed E-state index contributed by atoms with van der Waals surface area (Å²) >= 11 is 0. The normalized spacial score (nSPS) is 19.2. The number of hydrogen-bond acceptors (Lipinski definition) is 3. The molecule has 0 spiro atoms. The second kappa shape index (κ2) is 6.86. The molecule has 0 radical (unpaired) electrons. The van der Waals surface area contributed by atoms with Crippen molar-refractivity contribution < 1.29 is 9.90 Å². The summed E-state index contributed by atoms with van der Waals surface area (Å²) < 4.78 is 0. The molecule has 4 nitrogen and oxygen atoms in total. The zero-order chi connectivity index (χ0) is 12.0. The van der Waals surface area contributed by atoms with Crippen LogP contribution in [0.25, 0.3) is 0 Å². The van der Waals surface area contributed by atoms with Crippen LogP contribution in [-0.2, 0) is 4.79 Å². The molecule has 1 saturated carbocycles. The fourth-order valence-electron chi connectivity index (χ4n) is 2.30. The van der Waals surface area contributed by atoms with Crippen molar-refractivity contribution in [2.45, 2.75) is 44.6 Å². The van der Waals surface area contributed by atoms with E-state index in [9.17, 15) is 4.79 Å². The summed E-state index contributed by atoms with van der Waals surface area (Å²) in [7, 11) is 2.05. The van der Waals surface area contributed by atoms with Gasteiger partial charge in [-0.3, -0.25) is 4.79 Å². The summed E-state index contributed by atoms with van der Waals surface area (Å²) in [6.07, 6.45) is 7.32. The maximum atomic E-state index is 10.5. The average Bonchev–Trinajstić information content (AvgIpc) is 2.75. The molecular formula is C12H24N2O2. The van der Waals surface area contributed by atoms with Gasteiger partial charge in [0.15, 0.2) is 0 Å². The Bertz CT molecular complexity index is 215. The van der Waals surface area contributed by atoms with Crippen molar-refractivity contribution in [3.05, 3.63) is 0 Å². The van der Waals surface area contributed by atoms with Gasteiger partial charge in [-0.25, -0.2) is 0 Å².